The van der Waals surface area contributed by atoms with E-state index in [1.165, 1.54) is 66.1 Å². The molecule has 7 aromatic rings. The fraction of sp³-hybridized carbons (Fsp3) is 0.0800. The van der Waals surface area contributed by atoms with Crippen LogP contribution in [0.25, 0.3) is 54.9 Å². The van der Waals surface area contributed by atoms with E-state index in [1.807, 2.05) is 0 Å². The predicted molar refractivity (Wildman–Crippen MR) is 222 cm³/mol. The van der Waals surface area contributed by atoms with Gasteiger partial charge in [0.2, 0.25) is 0 Å². The van der Waals surface area contributed by atoms with Crippen molar-refractivity contribution < 1.29 is 0 Å². The number of hydrogen-bond acceptors (Lipinski definition) is 1. The molecule has 0 saturated carbocycles. The third-order valence-corrected chi connectivity index (χ3v) is 10.0. The second kappa shape index (κ2) is 14.4. The number of hydrogen-bond donors (Lipinski definition) is 0. The zero-order valence-corrected chi connectivity index (χ0v) is 29.3. The Morgan fingerprint density at radius 3 is 1.98 bits per heavy atom. The summed E-state index contributed by atoms with van der Waals surface area (Å²) in [6.07, 6.45) is 15.3. The lowest BCUT2D eigenvalue weighted by Crippen LogP contribution is -2.11. The van der Waals surface area contributed by atoms with Crippen molar-refractivity contribution in [3.63, 3.8) is 0 Å². The van der Waals surface area contributed by atoms with Crippen LogP contribution in [-0.2, 0) is 0 Å². The first-order valence-corrected chi connectivity index (χ1v) is 18.0. The molecule has 51 heavy (non-hydrogen) atoms. The Morgan fingerprint density at radius 1 is 0.569 bits per heavy atom. The zero-order chi connectivity index (χ0) is 34.6. The van der Waals surface area contributed by atoms with E-state index in [0.29, 0.717) is 0 Å². The second-order valence-electron chi connectivity index (χ2n) is 13.1. The molecule has 0 spiro atoms. The quantitative estimate of drug-likeness (QED) is 0.116. The third kappa shape index (κ3) is 6.24. The Hall–Kier alpha value is -6.18. The lowest BCUT2D eigenvalue weighted by atomic mass is 9.86. The van der Waals surface area contributed by atoms with Crippen LogP contribution in [0.1, 0.15) is 37.8 Å². The van der Waals surface area contributed by atoms with Crippen molar-refractivity contribution >= 4 is 49.8 Å². The van der Waals surface area contributed by atoms with Gasteiger partial charge in [-0.3, -0.25) is 0 Å². The summed E-state index contributed by atoms with van der Waals surface area (Å²) < 4.78 is 0. The highest BCUT2D eigenvalue weighted by atomic mass is 15.1. The predicted octanol–water partition coefficient (Wildman–Crippen LogP) is 14.5. The normalized spacial score (nSPS) is 13.2. The monoisotopic (exact) mass is 655 g/mol. The molecule has 0 bridgehead atoms. The molecule has 0 radical (unpaired) electrons. The number of anilines is 3. The van der Waals surface area contributed by atoms with Gasteiger partial charge in [-0.25, -0.2) is 0 Å². The standard InChI is InChI=1S/C50H41N/c1-3-17-36(4-2)37-28-30-41(31-29-37)51(50-34-40-22-11-12-24-44(40)46-26-15-16-27-48(46)50)42-32-33-47(49(35-42)39-20-9-6-10-21-39)45-25-14-13-23-43(45)38-18-7-5-8-19-38/h3-9,11-20,22-35H,10,21H2,1-2H3/b17-3-,36-4+. The van der Waals surface area contributed by atoms with Crippen LogP contribution in [0.5, 0.6) is 0 Å². The van der Waals surface area contributed by atoms with Gasteiger partial charge >= 0.3 is 0 Å². The molecule has 0 aromatic heterocycles. The van der Waals surface area contributed by atoms with Crippen LogP contribution in [0.2, 0.25) is 0 Å². The summed E-state index contributed by atoms with van der Waals surface area (Å²) in [5.41, 5.74) is 13.4. The van der Waals surface area contributed by atoms with Crippen molar-refractivity contribution in [2.24, 2.45) is 0 Å². The number of nitrogens with zero attached hydrogens (tertiary/aromatic N) is 1. The maximum Gasteiger partial charge on any atom is 0.0546 e. The van der Waals surface area contributed by atoms with E-state index < -0.39 is 0 Å². The van der Waals surface area contributed by atoms with Gasteiger partial charge in [0.05, 0.1) is 5.69 Å². The van der Waals surface area contributed by atoms with E-state index in [2.05, 4.69) is 207 Å². The SMILES string of the molecule is C/C=C\C(=C/C)c1ccc(N(c2ccc(-c3ccccc3-c3ccccc3)c(C3=CC=CCC3)c2)c2cc3ccccc3c3ccccc23)cc1. The topological polar surface area (TPSA) is 3.24 Å². The smallest absolute Gasteiger partial charge is 0.0546 e. The number of benzene rings is 7. The Labute approximate surface area is 301 Å². The first-order chi connectivity index (χ1) is 25.2. The molecule has 0 heterocycles. The summed E-state index contributed by atoms with van der Waals surface area (Å²) in [6.45, 7) is 4.17. The number of allylic oxidation sites excluding steroid dienone is 8. The summed E-state index contributed by atoms with van der Waals surface area (Å²) in [5, 5.41) is 4.98. The van der Waals surface area contributed by atoms with Gasteiger partial charge in [0.25, 0.3) is 0 Å². The first kappa shape index (κ1) is 32.0. The van der Waals surface area contributed by atoms with Gasteiger partial charge in [0.15, 0.2) is 0 Å². The average molecular weight is 656 g/mol. The summed E-state index contributed by atoms with van der Waals surface area (Å²) in [7, 11) is 0. The van der Waals surface area contributed by atoms with Crippen LogP contribution in [0.3, 0.4) is 0 Å². The van der Waals surface area contributed by atoms with E-state index in [9.17, 15) is 0 Å². The highest BCUT2D eigenvalue weighted by Crippen LogP contribution is 2.45. The fourth-order valence-corrected chi connectivity index (χ4v) is 7.57. The fourth-order valence-electron chi connectivity index (χ4n) is 7.57. The maximum atomic E-state index is 2.46. The van der Waals surface area contributed by atoms with Gasteiger partial charge in [-0.15, -0.1) is 0 Å². The second-order valence-corrected chi connectivity index (χ2v) is 13.1. The molecule has 0 fully saturated rings. The minimum atomic E-state index is 1.01. The Bertz CT molecular complexity index is 2470. The van der Waals surface area contributed by atoms with Gasteiger partial charge in [-0.05, 0) is 118 Å². The van der Waals surface area contributed by atoms with Crippen molar-refractivity contribution in [2.75, 3.05) is 4.90 Å². The van der Waals surface area contributed by atoms with E-state index in [4.69, 9.17) is 0 Å². The molecule has 1 nitrogen and oxygen atoms in total. The zero-order valence-electron chi connectivity index (χ0n) is 29.3. The van der Waals surface area contributed by atoms with E-state index in [0.717, 1.165) is 29.9 Å². The Kier molecular flexibility index (Phi) is 9.02. The third-order valence-electron chi connectivity index (χ3n) is 10.0. The summed E-state index contributed by atoms with van der Waals surface area (Å²) in [4.78, 5) is 2.46. The summed E-state index contributed by atoms with van der Waals surface area (Å²) in [6, 6.07) is 55.7. The molecule has 8 rings (SSSR count). The Balaban J connectivity index is 1.38. The maximum absolute atomic E-state index is 2.46. The summed E-state index contributed by atoms with van der Waals surface area (Å²) >= 11 is 0. The molecule has 7 aromatic carbocycles. The number of fused-ring (bicyclic) bond motifs is 3. The molecular weight excluding hydrogens is 615 g/mol. The van der Waals surface area contributed by atoms with Gasteiger partial charge < -0.3 is 4.90 Å². The van der Waals surface area contributed by atoms with Crippen molar-refractivity contribution in [2.45, 2.75) is 26.7 Å². The van der Waals surface area contributed by atoms with Gasteiger partial charge in [-0.2, -0.15) is 0 Å². The number of rotatable bonds is 8. The average Bonchev–Trinajstić information content (AvgIpc) is 3.21. The van der Waals surface area contributed by atoms with Crippen LogP contribution in [-0.4, -0.2) is 0 Å². The van der Waals surface area contributed by atoms with Gasteiger partial charge in [-0.1, -0.05) is 158 Å². The van der Waals surface area contributed by atoms with E-state index in [-0.39, 0.29) is 0 Å². The molecule has 0 N–H and O–H groups in total. The Morgan fingerprint density at radius 2 is 1.24 bits per heavy atom. The lowest BCUT2D eigenvalue weighted by Gasteiger charge is -2.29. The molecule has 0 aliphatic heterocycles. The van der Waals surface area contributed by atoms with Gasteiger partial charge in [0.1, 0.15) is 0 Å². The molecule has 0 atom stereocenters. The largest absolute Gasteiger partial charge is 0.310 e. The first-order valence-electron chi connectivity index (χ1n) is 18.0. The molecule has 0 saturated heterocycles. The lowest BCUT2D eigenvalue weighted by molar-refractivity contribution is 1.05. The van der Waals surface area contributed by atoms with Crippen molar-refractivity contribution in [3.8, 4) is 22.3 Å². The molecule has 0 unspecified atom stereocenters. The minimum Gasteiger partial charge on any atom is -0.310 e. The molecule has 1 heteroatoms. The van der Waals surface area contributed by atoms with Crippen LogP contribution >= 0.6 is 0 Å². The van der Waals surface area contributed by atoms with E-state index >= 15 is 0 Å². The minimum absolute atomic E-state index is 1.01. The van der Waals surface area contributed by atoms with Crippen LogP contribution < -0.4 is 4.90 Å². The van der Waals surface area contributed by atoms with Crippen LogP contribution in [0.4, 0.5) is 17.1 Å². The van der Waals surface area contributed by atoms with E-state index in [1.54, 1.807) is 0 Å². The highest BCUT2D eigenvalue weighted by molar-refractivity contribution is 6.14. The molecule has 1 aliphatic rings. The summed E-state index contributed by atoms with van der Waals surface area (Å²) in [5.74, 6) is 0. The molecule has 0 amide bonds. The van der Waals surface area contributed by atoms with Crippen LogP contribution in [0, 0.1) is 0 Å². The van der Waals surface area contributed by atoms with Crippen molar-refractivity contribution in [1.29, 1.82) is 0 Å². The molecule has 246 valence electrons. The van der Waals surface area contributed by atoms with Gasteiger partial charge in [0, 0.05) is 16.8 Å². The highest BCUT2D eigenvalue weighted by Gasteiger charge is 2.21. The van der Waals surface area contributed by atoms with Crippen molar-refractivity contribution in [3.05, 3.63) is 199 Å². The van der Waals surface area contributed by atoms with Crippen LogP contribution in [0.15, 0.2) is 188 Å². The van der Waals surface area contributed by atoms with Crippen molar-refractivity contribution in [1.82, 2.24) is 0 Å². The molecule has 1 aliphatic carbocycles. The molecular formula is C50H41N.